The molecule has 3 heterocycles. The summed E-state index contributed by atoms with van der Waals surface area (Å²) in [6, 6.07) is 13.5. The normalized spacial score (nSPS) is 14.9. The maximum absolute atomic E-state index is 12.3. The van der Waals surface area contributed by atoms with Crippen molar-refractivity contribution in [2.24, 2.45) is 5.92 Å². The fourth-order valence-electron chi connectivity index (χ4n) is 3.77. The molecular formula is C22H24N4O2. The number of anilines is 1. The van der Waals surface area contributed by atoms with Crippen molar-refractivity contribution in [3.05, 3.63) is 70.8 Å². The molecule has 6 nitrogen and oxygen atoms in total. The molecule has 0 unspecified atom stereocenters. The lowest BCUT2D eigenvalue weighted by atomic mass is 9.96. The number of aromatic nitrogens is 2. The molecule has 0 aliphatic carbocycles. The standard InChI is InChI=1S/C22H24N4O2/c27-21(14-18-13-17-3-1-2-4-20(17)25-22(18)28)24-15-16-7-11-26(12-8-16)19-5-9-23-10-6-19/h1-6,9-10,13,16H,7-8,11-12,14-15H2,(H,24,27)(H,25,28). The molecule has 3 aromatic rings. The van der Waals surface area contributed by atoms with Gasteiger partial charge in [0, 0.05) is 48.8 Å². The topological polar surface area (TPSA) is 78.1 Å². The minimum absolute atomic E-state index is 0.0997. The van der Waals surface area contributed by atoms with Gasteiger partial charge in [0.1, 0.15) is 0 Å². The molecule has 0 atom stereocenters. The Balaban J connectivity index is 1.28. The van der Waals surface area contributed by atoms with Crippen molar-refractivity contribution in [3.8, 4) is 0 Å². The SMILES string of the molecule is O=C(Cc1cc2ccccc2[nH]c1=O)NCC1CCN(c2ccncc2)CC1. The molecule has 1 saturated heterocycles. The highest BCUT2D eigenvalue weighted by Crippen LogP contribution is 2.22. The molecule has 0 spiro atoms. The van der Waals surface area contributed by atoms with Crippen LogP contribution in [-0.2, 0) is 11.2 Å². The number of hydrogen-bond donors (Lipinski definition) is 2. The monoisotopic (exact) mass is 376 g/mol. The third kappa shape index (κ3) is 4.22. The fraction of sp³-hybridized carbons (Fsp3) is 0.318. The molecule has 1 aliphatic rings. The van der Waals surface area contributed by atoms with Crippen LogP contribution >= 0.6 is 0 Å². The van der Waals surface area contributed by atoms with Crippen LogP contribution in [0.15, 0.2) is 59.7 Å². The van der Waals surface area contributed by atoms with Crippen LogP contribution in [0.5, 0.6) is 0 Å². The van der Waals surface area contributed by atoms with E-state index in [4.69, 9.17) is 0 Å². The van der Waals surface area contributed by atoms with E-state index in [2.05, 4.69) is 20.2 Å². The van der Waals surface area contributed by atoms with Gasteiger partial charge in [-0.3, -0.25) is 14.6 Å². The Labute approximate surface area is 163 Å². The number of H-pyrrole nitrogens is 1. The fourth-order valence-corrected chi connectivity index (χ4v) is 3.77. The van der Waals surface area contributed by atoms with Gasteiger partial charge in [-0.1, -0.05) is 18.2 Å². The second-order valence-corrected chi connectivity index (χ2v) is 7.33. The van der Waals surface area contributed by atoms with Crippen molar-refractivity contribution in [2.45, 2.75) is 19.3 Å². The number of fused-ring (bicyclic) bond motifs is 1. The highest BCUT2D eigenvalue weighted by Gasteiger charge is 2.20. The van der Waals surface area contributed by atoms with Crippen molar-refractivity contribution in [3.63, 3.8) is 0 Å². The van der Waals surface area contributed by atoms with Gasteiger partial charge in [0.05, 0.1) is 6.42 Å². The van der Waals surface area contributed by atoms with Crippen LogP contribution in [0.4, 0.5) is 5.69 Å². The lowest BCUT2D eigenvalue weighted by Crippen LogP contribution is -2.39. The summed E-state index contributed by atoms with van der Waals surface area (Å²) in [5.41, 5.74) is 2.30. The average molecular weight is 376 g/mol. The lowest BCUT2D eigenvalue weighted by Gasteiger charge is -2.33. The number of para-hydroxylation sites is 1. The minimum Gasteiger partial charge on any atom is -0.371 e. The van der Waals surface area contributed by atoms with Gasteiger partial charge < -0.3 is 15.2 Å². The number of aromatic amines is 1. The molecular weight excluding hydrogens is 352 g/mol. The van der Waals surface area contributed by atoms with Gasteiger partial charge in [-0.25, -0.2) is 0 Å². The zero-order valence-corrected chi connectivity index (χ0v) is 15.7. The summed E-state index contributed by atoms with van der Waals surface area (Å²) in [4.78, 5) is 33.8. The van der Waals surface area contributed by atoms with E-state index in [9.17, 15) is 9.59 Å². The number of carbonyl (C=O) groups excluding carboxylic acids is 1. The quantitative estimate of drug-likeness (QED) is 0.717. The average Bonchev–Trinajstić information content (AvgIpc) is 2.74. The molecule has 1 aliphatic heterocycles. The number of carbonyl (C=O) groups is 1. The number of benzene rings is 1. The van der Waals surface area contributed by atoms with Crippen molar-refractivity contribution in [1.82, 2.24) is 15.3 Å². The Hall–Kier alpha value is -3.15. The summed E-state index contributed by atoms with van der Waals surface area (Å²) in [6.45, 7) is 2.62. The minimum atomic E-state index is -0.195. The van der Waals surface area contributed by atoms with Crippen LogP contribution in [0.2, 0.25) is 0 Å². The number of hydrogen-bond acceptors (Lipinski definition) is 4. The Kier molecular flexibility index (Phi) is 5.37. The summed E-state index contributed by atoms with van der Waals surface area (Å²) in [5.74, 6) is 0.370. The van der Waals surface area contributed by atoms with Crippen LogP contribution < -0.4 is 15.8 Å². The van der Waals surface area contributed by atoms with Gasteiger partial charge in [-0.2, -0.15) is 0 Å². The molecule has 1 amide bonds. The van der Waals surface area contributed by atoms with E-state index >= 15 is 0 Å². The van der Waals surface area contributed by atoms with E-state index in [0.717, 1.165) is 36.8 Å². The molecule has 0 radical (unpaired) electrons. The number of amides is 1. The number of rotatable bonds is 5. The first-order valence-corrected chi connectivity index (χ1v) is 9.71. The third-order valence-electron chi connectivity index (χ3n) is 5.41. The molecule has 4 rings (SSSR count). The Bertz CT molecular complexity index is 1010. The van der Waals surface area contributed by atoms with E-state index in [-0.39, 0.29) is 17.9 Å². The maximum Gasteiger partial charge on any atom is 0.252 e. The zero-order chi connectivity index (χ0) is 19.3. The molecule has 6 heteroatoms. The van der Waals surface area contributed by atoms with Gasteiger partial charge in [0.25, 0.3) is 5.56 Å². The molecule has 2 N–H and O–H groups in total. The third-order valence-corrected chi connectivity index (χ3v) is 5.41. The van der Waals surface area contributed by atoms with Crippen LogP contribution in [0.3, 0.4) is 0 Å². The molecule has 144 valence electrons. The molecule has 1 fully saturated rings. The Morgan fingerprint density at radius 1 is 1.14 bits per heavy atom. The van der Waals surface area contributed by atoms with Crippen LogP contribution in [0, 0.1) is 5.92 Å². The van der Waals surface area contributed by atoms with Gasteiger partial charge in [-0.15, -0.1) is 0 Å². The first-order chi connectivity index (χ1) is 13.7. The van der Waals surface area contributed by atoms with Crippen molar-refractivity contribution in [2.75, 3.05) is 24.5 Å². The predicted molar refractivity (Wildman–Crippen MR) is 110 cm³/mol. The van der Waals surface area contributed by atoms with Gasteiger partial charge in [0.2, 0.25) is 5.91 Å². The van der Waals surface area contributed by atoms with Crippen LogP contribution in [-0.4, -0.2) is 35.5 Å². The first kappa shape index (κ1) is 18.2. The Morgan fingerprint density at radius 2 is 1.89 bits per heavy atom. The van der Waals surface area contributed by atoms with E-state index in [1.165, 1.54) is 5.69 Å². The molecule has 0 saturated carbocycles. The summed E-state index contributed by atoms with van der Waals surface area (Å²) in [6.07, 6.45) is 5.82. The summed E-state index contributed by atoms with van der Waals surface area (Å²) < 4.78 is 0. The number of nitrogens with one attached hydrogen (secondary N) is 2. The summed E-state index contributed by atoms with van der Waals surface area (Å²) in [7, 11) is 0. The molecule has 0 bridgehead atoms. The molecule has 2 aromatic heterocycles. The highest BCUT2D eigenvalue weighted by atomic mass is 16.2. The van der Waals surface area contributed by atoms with Crippen LogP contribution in [0.25, 0.3) is 10.9 Å². The van der Waals surface area contributed by atoms with Gasteiger partial charge in [0.15, 0.2) is 0 Å². The van der Waals surface area contributed by atoms with E-state index in [1.807, 2.05) is 48.8 Å². The van der Waals surface area contributed by atoms with Crippen molar-refractivity contribution < 1.29 is 4.79 Å². The van der Waals surface area contributed by atoms with E-state index in [0.29, 0.717) is 18.0 Å². The van der Waals surface area contributed by atoms with E-state index in [1.54, 1.807) is 6.07 Å². The molecule has 1 aromatic carbocycles. The lowest BCUT2D eigenvalue weighted by molar-refractivity contribution is -0.120. The predicted octanol–water partition coefficient (Wildman–Crippen LogP) is 2.50. The smallest absolute Gasteiger partial charge is 0.252 e. The van der Waals surface area contributed by atoms with Crippen molar-refractivity contribution in [1.29, 1.82) is 0 Å². The summed E-state index contributed by atoms with van der Waals surface area (Å²) in [5, 5.41) is 3.95. The second kappa shape index (κ2) is 8.25. The first-order valence-electron chi connectivity index (χ1n) is 9.71. The second-order valence-electron chi connectivity index (χ2n) is 7.33. The van der Waals surface area contributed by atoms with Crippen molar-refractivity contribution >= 4 is 22.5 Å². The largest absolute Gasteiger partial charge is 0.371 e. The van der Waals surface area contributed by atoms with E-state index < -0.39 is 0 Å². The molecule has 28 heavy (non-hydrogen) atoms. The number of piperidine rings is 1. The Morgan fingerprint density at radius 3 is 2.68 bits per heavy atom. The van der Waals surface area contributed by atoms with Gasteiger partial charge >= 0.3 is 0 Å². The van der Waals surface area contributed by atoms with Crippen LogP contribution in [0.1, 0.15) is 18.4 Å². The zero-order valence-electron chi connectivity index (χ0n) is 15.7. The number of pyridine rings is 2. The number of nitrogens with zero attached hydrogens (tertiary/aromatic N) is 2. The maximum atomic E-state index is 12.3. The van der Waals surface area contributed by atoms with Gasteiger partial charge in [-0.05, 0) is 48.4 Å². The summed E-state index contributed by atoms with van der Waals surface area (Å²) >= 11 is 0. The highest BCUT2D eigenvalue weighted by molar-refractivity contribution is 5.82.